The van der Waals surface area contributed by atoms with Crippen LogP contribution in [0.5, 0.6) is 17.2 Å². The lowest BCUT2D eigenvalue weighted by atomic mass is 9.86. The smallest absolute Gasteiger partial charge is 0.415 e. The van der Waals surface area contributed by atoms with Crippen LogP contribution in [-0.2, 0) is 22.4 Å². The number of carbonyl (C=O) groups excluding carboxylic acids is 2. The van der Waals surface area contributed by atoms with Gasteiger partial charge in [-0.2, -0.15) is 13.5 Å². The third-order valence-electron chi connectivity index (χ3n) is 10.2. The summed E-state index contributed by atoms with van der Waals surface area (Å²) >= 11 is 12.8. The zero-order valence-corrected chi connectivity index (χ0v) is 31.1. The van der Waals surface area contributed by atoms with Crippen LogP contribution in [0.4, 0.5) is 19.3 Å². The number of hydrogen-bond acceptors (Lipinski definition) is 9. The monoisotopic (exact) mass is 797 g/mol. The molecule has 11 nitrogen and oxygen atoms in total. The van der Waals surface area contributed by atoms with Gasteiger partial charge < -0.3 is 29.3 Å². The lowest BCUT2D eigenvalue weighted by molar-refractivity contribution is -0.605. The fraction of sp³-hybridized carbons (Fsp3) is 0.375. The number of para-hydroxylation sites is 2. The Balaban J connectivity index is 1.12. The van der Waals surface area contributed by atoms with E-state index in [4.69, 9.17) is 42.1 Å². The number of alkyl halides is 2. The Morgan fingerprint density at radius 3 is 2.31 bits per heavy atom. The van der Waals surface area contributed by atoms with Crippen molar-refractivity contribution in [1.29, 1.82) is 0 Å². The molecule has 4 aliphatic rings. The number of rotatable bonds is 14. The van der Waals surface area contributed by atoms with Crippen molar-refractivity contribution in [3.8, 4) is 17.2 Å². The number of anilines is 1. The molecule has 2 atom stereocenters. The number of carbonyl (C=O) groups is 2. The number of esters is 1. The minimum atomic E-state index is -3.09. The molecule has 2 bridgehead atoms. The Morgan fingerprint density at radius 2 is 1.67 bits per heavy atom. The number of amides is 1. The standard InChI is InChI=1S/C40H39Cl2F2N3O8/c41-30-20-46(51)21-31(42)29(30)18-35(28-11-12-34(54-39(43)44)36(17-28)52-23-25-5-6-25)53-38(49)27-9-7-24(8-10-27)19-47(32-3-1-2-4-33(32)48)40(50)55-37-22-45-15-13-26(37)14-16-45/h1-4,7-12,17,20-21,25-26,35,37,39,48H,5-6,13-16,18-19,22-23H2/t35?,37-/m0/s1. The summed E-state index contributed by atoms with van der Waals surface area (Å²) in [6.45, 7) is -0.0922. The number of pyridine rings is 1. The van der Waals surface area contributed by atoms with Crippen LogP contribution in [0, 0.1) is 17.0 Å². The van der Waals surface area contributed by atoms with Crippen molar-refractivity contribution in [2.24, 2.45) is 11.8 Å². The number of piperidine rings is 3. The predicted octanol–water partition coefficient (Wildman–Crippen LogP) is 8.10. The third kappa shape index (κ3) is 9.52. The van der Waals surface area contributed by atoms with Crippen molar-refractivity contribution in [2.45, 2.75) is 57.5 Å². The number of phenols is 1. The van der Waals surface area contributed by atoms with E-state index in [2.05, 4.69) is 4.90 Å². The molecule has 0 radical (unpaired) electrons. The summed E-state index contributed by atoms with van der Waals surface area (Å²) in [5.74, 6) is -0.337. The van der Waals surface area contributed by atoms with E-state index in [0.717, 1.165) is 51.2 Å². The van der Waals surface area contributed by atoms with E-state index in [0.29, 0.717) is 40.5 Å². The zero-order valence-electron chi connectivity index (χ0n) is 29.6. The molecule has 1 aromatic heterocycles. The van der Waals surface area contributed by atoms with Crippen molar-refractivity contribution in [2.75, 3.05) is 31.1 Å². The van der Waals surface area contributed by atoms with Gasteiger partial charge in [0.1, 0.15) is 28.0 Å². The van der Waals surface area contributed by atoms with E-state index in [9.17, 15) is 28.7 Å². The SMILES string of the molecule is O=C(OC(Cc1c(Cl)c[n+]([O-])cc1Cl)c1ccc(OC(F)F)c(OCC2CC2)c1)c1ccc(CN(C(=O)O[C@H]2CN3CCC2CC3)c2ccccc2O)cc1. The van der Waals surface area contributed by atoms with Gasteiger partial charge in [0.25, 0.3) is 0 Å². The Kier molecular flexibility index (Phi) is 11.8. The van der Waals surface area contributed by atoms with Crippen LogP contribution in [-0.4, -0.2) is 61.0 Å². The van der Waals surface area contributed by atoms with Gasteiger partial charge in [-0.3, -0.25) is 9.80 Å². The van der Waals surface area contributed by atoms with Crippen molar-refractivity contribution in [3.05, 3.63) is 117 Å². The summed E-state index contributed by atoms with van der Waals surface area (Å²) < 4.78 is 49.6. The van der Waals surface area contributed by atoms with E-state index in [1.54, 1.807) is 42.5 Å². The molecule has 15 heteroatoms. The first-order valence-electron chi connectivity index (χ1n) is 18.1. The first-order valence-corrected chi connectivity index (χ1v) is 18.8. The predicted molar refractivity (Wildman–Crippen MR) is 199 cm³/mol. The molecule has 3 aliphatic heterocycles. The molecule has 3 saturated heterocycles. The van der Waals surface area contributed by atoms with Crippen molar-refractivity contribution in [3.63, 3.8) is 0 Å². The number of fused-ring (bicyclic) bond motifs is 3. The normalized spacial score (nSPS) is 19.5. The Labute approximate surface area is 326 Å². The maximum Gasteiger partial charge on any atom is 0.415 e. The number of nitrogens with zero attached hydrogens (tertiary/aromatic N) is 3. The molecular weight excluding hydrogens is 759 g/mol. The van der Waals surface area contributed by atoms with Gasteiger partial charge in [-0.25, -0.2) is 9.59 Å². The fourth-order valence-electron chi connectivity index (χ4n) is 6.97. The van der Waals surface area contributed by atoms with E-state index in [1.807, 2.05) is 0 Å². The van der Waals surface area contributed by atoms with E-state index in [1.165, 1.54) is 29.2 Å². The summed E-state index contributed by atoms with van der Waals surface area (Å²) in [6, 6.07) is 17.2. The number of hydrogen-bond donors (Lipinski definition) is 1. The summed E-state index contributed by atoms with van der Waals surface area (Å²) in [5.41, 5.74) is 1.80. The second-order valence-electron chi connectivity index (χ2n) is 14.1. The molecule has 1 saturated carbocycles. The largest absolute Gasteiger partial charge is 0.619 e. The second-order valence-corrected chi connectivity index (χ2v) is 14.9. The van der Waals surface area contributed by atoms with E-state index < -0.39 is 24.8 Å². The molecule has 4 fully saturated rings. The molecule has 4 heterocycles. The minimum absolute atomic E-state index is 0.0385. The molecule has 3 aromatic carbocycles. The topological polar surface area (TPSA) is 125 Å². The number of ether oxygens (including phenoxy) is 4. The maximum atomic E-state index is 13.7. The van der Waals surface area contributed by atoms with Crippen LogP contribution in [0.3, 0.4) is 0 Å². The first kappa shape index (κ1) is 38.4. The van der Waals surface area contributed by atoms with E-state index in [-0.39, 0.29) is 63.5 Å². The summed E-state index contributed by atoms with van der Waals surface area (Å²) in [4.78, 5) is 31.1. The lowest BCUT2D eigenvalue weighted by Gasteiger charge is -2.44. The number of benzene rings is 3. The third-order valence-corrected chi connectivity index (χ3v) is 10.8. The Morgan fingerprint density at radius 1 is 0.964 bits per heavy atom. The Hall–Kier alpha value is -4.85. The quantitative estimate of drug-likeness (QED) is 0.0766. The molecule has 8 rings (SSSR count). The van der Waals surface area contributed by atoms with E-state index >= 15 is 0 Å². The molecular formula is C40H39Cl2F2N3O8. The zero-order chi connectivity index (χ0) is 38.6. The molecule has 290 valence electrons. The highest BCUT2D eigenvalue weighted by Crippen LogP contribution is 2.38. The molecule has 1 amide bonds. The molecule has 0 spiro atoms. The van der Waals surface area contributed by atoms with Crippen LogP contribution in [0.2, 0.25) is 10.0 Å². The highest BCUT2D eigenvalue weighted by atomic mass is 35.5. The van der Waals surface area contributed by atoms with Crippen LogP contribution >= 0.6 is 23.2 Å². The highest BCUT2D eigenvalue weighted by Gasteiger charge is 2.38. The van der Waals surface area contributed by atoms with Crippen LogP contribution in [0.15, 0.2) is 79.1 Å². The minimum Gasteiger partial charge on any atom is -0.619 e. The summed E-state index contributed by atoms with van der Waals surface area (Å²) in [5, 5.41) is 22.7. The second kappa shape index (κ2) is 16.9. The van der Waals surface area contributed by atoms with Crippen LogP contribution in [0.25, 0.3) is 0 Å². The summed E-state index contributed by atoms with van der Waals surface area (Å²) in [7, 11) is 0. The van der Waals surface area contributed by atoms with Crippen molar-refractivity contribution < 1.29 is 47.2 Å². The van der Waals surface area contributed by atoms with Gasteiger partial charge in [-0.05, 0) is 98.1 Å². The summed E-state index contributed by atoms with van der Waals surface area (Å²) in [6.07, 6.45) is 4.13. The molecule has 4 aromatic rings. The van der Waals surface area contributed by atoms with Gasteiger partial charge in [0.2, 0.25) is 0 Å². The van der Waals surface area contributed by atoms with Gasteiger partial charge in [-0.15, -0.1) is 0 Å². The molecule has 1 unspecified atom stereocenters. The fourth-order valence-corrected chi connectivity index (χ4v) is 7.56. The average molecular weight is 799 g/mol. The van der Waals surface area contributed by atoms with Gasteiger partial charge in [0.05, 0.1) is 24.4 Å². The molecule has 55 heavy (non-hydrogen) atoms. The lowest BCUT2D eigenvalue weighted by Crippen LogP contribution is -2.53. The number of halogens is 4. The van der Waals surface area contributed by atoms with Crippen molar-refractivity contribution >= 4 is 41.0 Å². The first-order chi connectivity index (χ1) is 26.5. The van der Waals surface area contributed by atoms with Gasteiger partial charge in [-0.1, -0.05) is 53.5 Å². The Bertz CT molecular complexity index is 1990. The van der Waals surface area contributed by atoms with Gasteiger partial charge in [0, 0.05) is 18.5 Å². The van der Waals surface area contributed by atoms with Crippen LogP contribution in [0.1, 0.15) is 58.8 Å². The van der Waals surface area contributed by atoms with Crippen LogP contribution < -0.4 is 19.1 Å². The highest BCUT2D eigenvalue weighted by molar-refractivity contribution is 6.35. The molecule has 1 N–H and O–H groups in total. The van der Waals surface area contributed by atoms with Gasteiger partial charge >= 0.3 is 18.7 Å². The number of aromatic nitrogens is 1. The number of aromatic hydroxyl groups is 1. The maximum absolute atomic E-state index is 13.7. The number of phenolic OH excluding ortho intramolecular Hbond substituents is 1. The van der Waals surface area contributed by atoms with Gasteiger partial charge in [0.15, 0.2) is 23.9 Å². The molecule has 1 aliphatic carbocycles. The van der Waals surface area contributed by atoms with Crippen molar-refractivity contribution in [1.82, 2.24) is 4.90 Å². The average Bonchev–Trinajstić information content (AvgIpc) is 4.00.